The molecule has 0 radical (unpaired) electrons. The van der Waals surface area contributed by atoms with Crippen molar-refractivity contribution >= 4 is 23.2 Å². The van der Waals surface area contributed by atoms with E-state index in [1.165, 1.54) is 0 Å². The van der Waals surface area contributed by atoms with Gasteiger partial charge in [-0.05, 0) is 55.3 Å². The van der Waals surface area contributed by atoms with E-state index in [-0.39, 0.29) is 5.82 Å². The number of amides is 1. The maximum atomic E-state index is 12.9. The lowest BCUT2D eigenvalue weighted by Gasteiger charge is -2.11. The van der Waals surface area contributed by atoms with Crippen LogP contribution in [-0.4, -0.2) is 27.8 Å². The minimum atomic E-state index is -0.416. The highest BCUT2D eigenvalue weighted by molar-refractivity contribution is 6.30. The van der Waals surface area contributed by atoms with Gasteiger partial charge in [-0.2, -0.15) is 0 Å². The molecule has 0 spiro atoms. The first kappa shape index (κ1) is 20.6. The minimum Gasteiger partial charge on any atom is -0.497 e. The average molecular weight is 433 g/mol. The van der Waals surface area contributed by atoms with Crippen LogP contribution >= 0.6 is 11.6 Å². The second kappa shape index (κ2) is 8.62. The van der Waals surface area contributed by atoms with Crippen LogP contribution in [0.4, 0.5) is 5.69 Å². The molecule has 4 rings (SSSR count). The van der Waals surface area contributed by atoms with E-state index < -0.39 is 5.91 Å². The molecule has 1 aromatic heterocycles. The van der Waals surface area contributed by atoms with Gasteiger partial charge in [0.15, 0.2) is 5.82 Å². The molecule has 31 heavy (non-hydrogen) atoms. The van der Waals surface area contributed by atoms with Crippen LogP contribution in [0, 0.1) is 13.8 Å². The van der Waals surface area contributed by atoms with Gasteiger partial charge >= 0.3 is 0 Å². The van der Waals surface area contributed by atoms with Crippen LogP contribution in [0.3, 0.4) is 0 Å². The SMILES string of the molecule is COc1cccc(NC(=O)c2nc(-c3cccc(Cl)c3)n(-c3cccc(C)c3C)n2)c1. The molecule has 7 heteroatoms. The van der Waals surface area contributed by atoms with E-state index in [9.17, 15) is 4.79 Å². The van der Waals surface area contributed by atoms with Crippen LogP contribution in [0.1, 0.15) is 21.7 Å². The first-order valence-corrected chi connectivity index (χ1v) is 10.1. The number of ether oxygens (including phenoxy) is 1. The second-order valence-electron chi connectivity index (χ2n) is 7.09. The number of aryl methyl sites for hydroxylation is 1. The predicted molar refractivity (Wildman–Crippen MR) is 122 cm³/mol. The highest BCUT2D eigenvalue weighted by Gasteiger charge is 2.20. The fourth-order valence-corrected chi connectivity index (χ4v) is 3.43. The molecule has 1 heterocycles. The summed E-state index contributed by atoms with van der Waals surface area (Å²) in [5.74, 6) is 0.817. The molecule has 0 saturated carbocycles. The van der Waals surface area contributed by atoms with Gasteiger partial charge in [0.05, 0.1) is 12.8 Å². The largest absolute Gasteiger partial charge is 0.497 e. The quantitative estimate of drug-likeness (QED) is 0.454. The molecule has 156 valence electrons. The standard InChI is InChI=1S/C24H21ClN4O2/c1-15-7-4-12-21(16(15)2)29-23(17-8-5-9-18(25)13-17)27-22(28-29)24(30)26-19-10-6-11-20(14-19)31-3/h4-14H,1-3H3,(H,26,30). The fourth-order valence-electron chi connectivity index (χ4n) is 3.24. The first-order chi connectivity index (χ1) is 15.0. The Morgan fingerprint density at radius 1 is 1.03 bits per heavy atom. The van der Waals surface area contributed by atoms with E-state index in [4.69, 9.17) is 16.3 Å². The summed E-state index contributed by atoms with van der Waals surface area (Å²) in [6.45, 7) is 4.05. The molecule has 3 aromatic carbocycles. The van der Waals surface area contributed by atoms with E-state index in [0.717, 1.165) is 22.4 Å². The Labute approximate surface area is 185 Å². The lowest BCUT2D eigenvalue weighted by Crippen LogP contribution is -2.14. The third-order valence-electron chi connectivity index (χ3n) is 5.02. The summed E-state index contributed by atoms with van der Waals surface area (Å²) in [4.78, 5) is 17.5. The van der Waals surface area contributed by atoms with Gasteiger partial charge in [-0.25, -0.2) is 9.67 Å². The van der Waals surface area contributed by atoms with Gasteiger partial charge < -0.3 is 10.1 Å². The Morgan fingerprint density at radius 3 is 2.58 bits per heavy atom. The predicted octanol–water partition coefficient (Wildman–Crippen LogP) is 5.47. The number of nitrogens with one attached hydrogen (secondary N) is 1. The molecule has 0 unspecified atom stereocenters. The molecular formula is C24H21ClN4O2. The van der Waals surface area contributed by atoms with Crippen molar-refractivity contribution in [3.05, 3.63) is 88.7 Å². The molecule has 1 N–H and O–H groups in total. The summed E-state index contributed by atoms with van der Waals surface area (Å²) in [6, 6.07) is 20.4. The Balaban J connectivity index is 1.79. The van der Waals surface area contributed by atoms with Gasteiger partial charge in [0.2, 0.25) is 5.82 Å². The Kier molecular flexibility index (Phi) is 5.73. The number of halogens is 1. The van der Waals surface area contributed by atoms with Crippen LogP contribution in [-0.2, 0) is 0 Å². The zero-order valence-corrected chi connectivity index (χ0v) is 18.1. The molecule has 0 atom stereocenters. The Hall–Kier alpha value is -3.64. The van der Waals surface area contributed by atoms with Crippen LogP contribution in [0.15, 0.2) is 66.7 Å². The topological polar surface area (TPSA) is 69.0 Å². The normalized spacial score (nSPS) is 10.7. The van der Waals surface area contributed by atoms with Crippen molar-refractivity contribution in [2.75, 3.05) is 12.4 Å². The van der Waals surface area contributed by atoms with Crippen molar-refractivity contribution in [1.82, 2.24) is 14.8 Å². The summed E-state index contributed by atoms with van der Waals surface area (Å²) in [7, 11) is 1.58. The van der Waals surface area contributed by atoms with Gasteiger partial charge in [-0.1, -0.05) is 41.9 Å². The molecule has 1 amide bonds. The van der Waals surface area contributed by atoms with Gasteiger partial charge in [0.25, 0.3) is 5.91 Å². The Bertz CT molecular complexity index is 1270. The van der Waals surface area contributed by atoms with Crippen molar-refractivity contribution in [2.24, 2.45) is 0 Å². The number of nitrogens with zero attached hydrogens (tertiary/aromatic N) is 3. The maximum Gasteiger partial charge on any atom is 0.295 e. The molecule has 0 aliphatic heterocycles. The highest BCUT2D eigenvalue weighted by atomic mass is 35.5. The zero-order valence-electron chi connectivity index (χ0n) is 17.4. The average Bonchev–Trinajstić information content (AvgIpc) is 3.21. The van der Waals surface area contributed by atoms with Crippen molar-refractivity contribution in [3.63, 3.8) is 0 Å². The zero-order chi connectivity index (χ0) is 22.0. The third-order valence-corrected chi connectivity index (χ3v) is 5.26. The number of hydrogen-bond donors (Lipinski definition) is 1. The third kappa shape index (κ3) is 4.29. The van der Waals surface area contributed by atoms with Gasteiger partial charge in [0.1, 0.15) is 5.75 Å². The molecule has 4 aromatic rings. The van der Waals surface area contributed by atoms with Gasteiger partial charge in [-0.3, -0.25) is 4.79 Å². The lowest BCUT2D eigenvalue weighted by atomic mass is 10.1. The summed E-state index contributed by atoms with van der Waals surface area (Å²) in [5, 5.41) is 7.96. The summed E-state index contributed by atoms with van der Waals surface area (Å²) >= 11 is 6.21. The van der Waals surface area contributed by atoms with Crippen LogP contribution in [0.2, 0.25) is 5.02 Å². The van der Waals surface area contributed by atoms with Crippen molar-refractivity contribution in [2.45, 2.75) is 13.8 Å². The number of benzene rings is 3. The highest BCUT2D eigenvalue weighted by Crippen LogP contribution is 2.27. The second-order valence-corrected chi connectivity index (χ2v) is 7.52. The monoisotopic (exact) mass is 432 g/mol. The number of anilines is 1. The van der Waals surface area contributed by atoms with Crippen LogP contribution < -0.4 is 10.1 Å². The number of methoxy groups -OCH3 is 1. The molecule has 0 aliphatic carbocycles. The van der Waals surface area contributed by atoms with Crippen LogP contribution in [0.5, 0.6) is 5.75 Å². The van der Waals surface area contributed by atoms with Gasteiger partial charge in [0, 0.05) is 22.3 Å². The van der Waals surface area contributed by atoms with E-state index >= 15 is 0 Å². The van der Waals surface area contributed by atoms with E-state index in [2.05, 4.69) is 15.4 Å². The molecule has 0 fully saturated rings. The number of aromatic nitrogens is 3. The fraction of sp³-hybridized carbons (Fsp3) is 0.125. The number of rotatable bonds is 5. The number of carbonyl (C=O) groups excluding carboxylic acids is 1. The van der Waals surface area contributed by atoms with Crippen molar-refractivity contribution < 1.29 is 9.53 Å². The van der Waals surface area contributed by atoms with E-state index in [0.29, 0.717) is 22.3 Å². The first-order valence-electron chi connectivity index (χ1n) is 9.71. The molecular weight excluding hydrogens is 412 g/mol. The lowest BCUT2D eigenvalue weighted by molar-refractivity contribution is 0.101. The Morgan fingerprint density at radius 2 is 1.81 bits per heavy atom. The molecule has 0 saturated heterocycles. The summed E-state index contributed by atoms with van der Waals surface area (Å²) < 4.78 is 6.91. The van der Waals surface area contributed by atoms with Gasteiger partial charge in [-0.15, -0.1) is 5.10 Å². The minimum absolute atomic E-state index is 0.0544. The van der Waals surface area contributed by atoms with E-state index in [1.54, 1.807) is 48.2 Å². The van der Waals surface area contributed by atoms with Crippen molar-refractivity contribution in [1.29, 1.82) is 0 Å². The number of hydrogen-bond acceptors (Lipinski definition) is 4. The summed E-state index contributed by atoms with van der Waals surface area (Å²) in [5.41, 5.74) is 4.38. The molecule has 0 bridgehead atoms. The number of carbonyl (C=O) groups is 1. The summed E-state index contributed by atoms with van der Waals surface area (Å²) in [6.07, 6.45) is 0. The molecule has 0 aliphatic rings. The van der Waals surface area contributed by atoms with Crippen molar-refractivity contribution in [3.8, 4) is 22.8 Å². The molecule has 6 nitrogen and oxygen atoms in total. The smallest absolute Gasteiger partial charge is 0.295 e. The van der Waals surface area contributed by atoms with Crippen LogP contribution in [0.25, 0.3) is 17.1 Å². The maximum absolute atomic E-state index is 12.9. The van der Waals surface area contributed by atoms with E-state index in [1.807, 2.05) is 44.2 Å².